The van der Waals surface area contributed by atoms with Crippen LogP contribution in [0.4, 0.5) is 4.39 Å². The molecule has 1 aliphatic heterocycles. The normalized spacial score (nSPS) is 33.0. The standard InChI is InChI=1S/C14H18FNO2S/c15-14-4-2-1-3-13(14)10-7-12(8-10)16-11-5-6-19(17,18)9-11/h1-4,10-12,16H,5-9H2. The fourth-order valence-corrected chi connectivity index (χ4v) is 4.76. The Morgan fingerprint density at radius 3 is 2.53 bits per heavy atom. The summed E-state index contributed by atoms with van der Waals surface area (Å²) in [5.74, 6) is 0.702. The smallest absolute Gasteiger partial charge is 0.151 e. The van der Waals surface area contributed by atoms with E-state index >= 15 is 0 Å². The largest absolute Gasteiger partial charge is 0.310 e. The van der Waals surface area contributed by atoms with E-state index < -0.39 is 9.84 Å². The van der Waals surface area contributed by atoms with Gasteiger partial charge in [-0.3, -0.25) is 0 Å². The highest BCUT2D eigenvalue weighted by Crippen LogP contribution is 2.38. The monoisotopic (exact) mass is 283 g/mol. The highest BCUT2D eigenvalue weighted by Gasteiger charge is 2.36. The molecular weight excluding hydrogens is 265 g/mol. The maximum atomic E-state index is 13.6. The number of benzene rings is 1. The molecule has 1 saturated carbocycles. The molecule has 5 heteroatoms. The molecule has 1 N–H and O–H groups in total. The van der Waals surface area contributed by atoms with Gasteiger partial charge < -0.3 is 5.32 Å². The van der Waals surface area contributed by atoms with Gasteiger partial charge in [-0.05, 0) is 36.8 Å². The van der Waals surface area contributed by atoms with E-state index in [1.807, 2.05) is 12.1 Å². The Morgan fingerprint density at radius 1 is 1.16 bits per heavy atom. The van der Waals surface area contributed by atoms with Crippen molar-refractivity contribution in [2.24, 2.45) is 0 Å². The molecule has 1 unspecified atom stereocenters. The van der Waals surface area contributed by atoms with E-state index in [9.17, 15) is 12.8 Å². The first-order valence-electron chi connectivity index (χ1n) is 6.74. The maximum absolute atomic E-state index is 13.6. The molecule has 0 spiro atoms. The van der Waals surface area contributed by atoms with E-state index in [2.05, 4.69) is 5.32 Å². The van der Waals surface area contributed by atoms with Gasteiger partial charge in [-0.15, -0.1) is 0 Å². The van der Waals surface area contributed by atoms with Gasteiger partial charge >= 0.3 is 0 Å². The molecule has 2 fully saturated rings. The first-order chi connectivity index (χ1) is 9.03. The zero-order valence-electron chi connectivity index (χ0n) is 10.7. The lowest BCUT2D eigenvalue weighted by atomic mass is 9.75. The molecule has 0 bridgehead atoms. The van der Waals surface area contributed by atoms with Crippen molar-refractivity contribution < 1.29 is 12.8 Å². The maximum Gasteiger partial charge on any atom is 0.151 e. The second-order valence-electron chi connectivity index (χ2n) is 5.65. The van der Waals surface area contributed by atoms with Gasteiger partial charge in [0.25, 0.3) is 0 Å². The SMILES string of the molecule is O=S1(=O)CCC(NC2CC(c3ccccc3F)C2)C1. The zero-order valence-corrected chi connectivity index (χ0v) is 11.5. The Labute approximate surface area is 113 Å². The second-order valence-corrected chi connectivity index (χ2v) is 7.88. The van der Waals surface area contributed by atoms with Gasteiger partial charge in [-0.25, -0.2) is 12.8 Å². The lowest BCUT2D eigenvalue weighted by Gasteiger charge is -2.38. The molecule has 104 valence electrons. The Balaban J connectivity index is 1.53. The molecule has 2 aliphatic rings. The first-order valence-corrected chi connectivity index (χ1v) is 8.56. The molecule has 3 rings (SSSR count). The summed E-state index contributed by atoms with van der Waals surface area (Å²) >= 11 is 0. The molecular formula is C14H18FNO2S. The summed E-state index contributed by atoms with van der Waals surface area (Å²) in [6.45, 7) is 0. The number of sulfone groups is 1. The van der Waals surface area contributed by atoms with Gasteiger partial charge in [0.2, 0.25) is 0 Å². The number of hydrogen-bond acceptors (Lipinski definition) is 3. The average Bonchev–Trinajstić information content (AvgIpc) is 2.64. The van der Waals surface area contributed by atoms with Crippen molar-refractivity contribution in [3.8, 4) is 0 Å². The predicted octanol–water partition coefficient (Wildman–Crippen LogP) is 1.85. The summed E-state index contributed by atoms with van der Waals surface area (Å²) in [6, 6.07) is 7.34. The van der Waals surface area contributed by atoms with E-state index in [1.165, 1.54) is 6.07 Å². The second kappa shape index (κ2) is 4.87. The number of hydrogen-bond donors (Lipinski definition) is 1. The van der Waals surface area contributed by atoms with Gasteiger partial charge in [0.15, 0.2) is 9.84 Å². The third-order valence-electron chi connectivity index (χ3n) is 4.19. The summed E-state index contributed by atoms with van der Waals surface area (Å²) in [7, 11) is -2.82. The molecule has 19 heavy (non-hydrogen) atoms. The quantitative estimate of drug-likeness (QED) is 0.921. The molecule has 1 aromatic carbocycles. The Kier molecular flexibility index (Phi) is 3.35. The van der Waals surface area contributed by atoms with Crippen LogP contribution in [-0.4, -0.2) is 32.0 Å². The first kappa shape index (κ1) is 13.1. The number of rotatable bonds is 3. The van der Waals surface area contributed by atoms with Gasteiger partial charge in [0.1, 0.15) is 5.82 Å². The molecule has 1 aliphatic carbocycles. The molecule has 1 atom stereocenters. The Hall–Kier alpha value is -0.940. The van der Waals surface area contributed by atoms with Gasteiger partial charge in [0, 0.05) is 12.1 Å². The number of halogens is 1. The predicted molar refractivity (Wildman–Crippen MR) is 72.4 cm³/mol. The van der Waals surface area contributed by atoms with E-state index in [4.69, 9.17) is 0 Å². The zero-order chi connectivity index (χ0) is 13.5. The van der Waals surface area contributed by atoms with E-state index in [-0.39, 0.29) is 23.5 Å². The van der Waals surface area contributed by atoms with Crippen LogP contribution in [0.3, 0.4) is 0 Å². The Bertz CT molecular complexity index is 567. The Morgan fingerprint density at radius 2 is 1.89 bits per heavy atom. The van der Waals surface area contributed by atoms with Crippen LogP contribution in [0.15, 0.2) is 24.3 Å². The van der Waals surface area contributed by atoms with Crippen LogP contribution in [0, 0.1) is 5.82 Å². The van der Waals surface area contributed by atoms with Crippen molar-refractivity contribution in [3.05, 3.63) is 35.6 Å². The molecule has 0 amide bonds. The van der Waals surface area contributed by atoms with E-state index in [0.717, 1.165) is 18.4 Å². The lowest BCUT2D eigenvalue weighted by Crippen LogP contribution is -2.46. The van der Waals surface area contributed by atoms with Gasteiger partial charge in [-0.1, -0.05) is 18.2 Å². The highest BCUT2D eigenvalue weighted by atomic mass is 32.2. The minimum atomic E-state index is -2.82. The van der Waals surface area contributed by atoms with Crippen LogP contribution >= 0.6 is 0 Å². The van der Waals surface area contributed by atoms with Gasteiger partial charge in [-0.2, -0.15) is 0 Å². The topological polar surface area (TPSA) is 46.2 Å². The molecule has 0 aromatic heterocycles. The fraction of sp³-hybridized carbons (Fsp3) is 0.571. The third-order valence-corrected chi connectivity index (χ3v) is 5.95. The van der Waals surface area contributed by atoms with Crippen molar-refractivity contribution >= 4 is 9.84 Å². The van der Waals surface area contributed by atoms with E-state index in [1.54, 1.807) is 6.07 Å². The van der Waals surface area contributed by atoms with Crippen molar-refractivity contribution in [1.82, 2.24) is 5.32 Å². The number of nitrogens with one attached hydrogen (secondary N) is 1. The third kappa shape index (κ3) is 2.82. The minimum absolute atomic E-state index is 0.0940. The molecule has 0 radical (unpaired) electrons. The van der Waals surface area contributed by atoms with E-state index in [0.29, 0.717) is 18.2 Å². The summed E-state index contributed by atoms with van der Waals surface area (Å²) in [5, 5.41) is 3.39. The summed E-state index contributed by atoms with van der Waals surface area (Å²) in [5.41, 5.74) is 0.791. The summed E-state index contributed by atoms with van der Waals surface area (Å²) in [4.78, 5) is 0. The van der Waals surface area contributed by atoms with Crippen LogP contribution in [0.25, 0.3) is 0 Å². The molecule has 1 heterocycles. The van der Waals surface area contributed by atoms with Crippen molar-refractivity contribution in [1.29, 1.82) is 0 Å². The molecule has 3 nitrogen and oxygen atoms in total. The van der Waals surface area contributed by atoms with Crippen LogP contribution in [-0.2, 0) is 9.84 Å². The lowest BCUT2D eigenvalue weighted by molar-refractivity contribution is 0.266. The van der Waals surface area contributed by atoms with Crippen molar-refractivity contribution in [3.63, 3.8) is 0 Å². The minimum Gasteiger partial charge on any atom is -0.310 e. The van der Waals surface area contributed by atoms with Crippen LogP contribution in [0.2, 0.25) is 0 Å². The van der Waals surface area contributed by atoms with Crippen molar-refractivity contribution in [2.45, 2.75) is 37.3 Å². The summed E-state index contributed by atoms with van der Waals surface area (Å²) in [6.07, 6.45) is 2.51. The fourth-order valence-electron chi connectivity index (χ4n) is 3.07. The van der Waals surface area contributed by atoms with Crippen LogP contribution in [0.1, 0.15) is 30.7 Å². The van der Waals surface area contributed by atoms with Gasteiger partial charge in [0.05, 0.1) is 11.5 Å². The van der Waals surface area contributed by atoms with Crippen molar-refractivity contribution in [2.75, 3.05) is 11.5 Å². The highest BCUT2D eigenvalue weighted by molar-refractivity contribution is 7.91. The van der Waals surface area contributed by atoms with Crippen LogP contribution < -0.4 is 5.32 Å². The molecule has 1 aromatic rings. The summed E-state index contributed by atoms with van der Waals surface area (Å²) < 4.78 is 36.3. The van der Waals surface area contributed by atoms with Crippen LogP contribution in [0.5, 0.6) is 0 Å². The average molecular weight is 283 g/mol. The molecule has 1 saturated heterocycles.